The number of anilines is 1. The van der Waals surface area contributed by atoms with Crippen LogP contribution in [-0.4, -0.2) is 35.6 Å². The molecule has 2 heterocycles. The highest BCUT2D eigenvalue weighted by Crippen LogP contribution is 2.42. The second-order valence-electron chi connectivity index (χ2n) is 8.24. The fraction of sp³-hybridized carbons (Fsp3) is 0.375. The molecular formula is C24H26N2O3. The fourth-order valence-corrected chi connectivity index (χ4v) is 5.23. The summed E-state index contributed by atoms with van der Waals surface area (Å²) < 4.78 is 5.58. The average Bonchev–Trinajstić information content (AvgIpc) is 3.18. The predicted molar refractivity (Wildman–Crippen MR) is 115 cm³/mol. The standard InChI is InChI=1S/C24H26N2O3/c1-14(28)25-16-5-6-18-20(9-16)19-8-15(13-27)24(29-2)11-22(19)23-12-26-7-3-4-17(26)10-21(18)23/h5-6,8-9,11,17,27H,3-4,7,10,12-13H2,1-2H3,(H,25,28)/t17-/m0/s1. The molecule has 2 N–H and O–H groups in total. The summed E-state index contributed by atoms with van der Waals surface area (Å²) in [5, 5.41) is 17.4. The smallest absolute Gasteiger partial charge is 0.221 e. The Bertz CT molecular complexity index is 1140. The van der Waals surface area contributed by atoms with Gasteiger partial charge in [0.05, 0.1) is 13.7 Å². The number of amides is 1. The van der Waals surface area contributed by atoms with Crippen molar-refractivity contribution in [2.45, 2.75) is 45.4 Å². The molecule has 1 atom stereocenters. The average molecular weight is 390 g/mol. The molecule has 0 aromatic heterocycles. The van der Waals surface area contributed by atoms with Gasteiger partial charge in [-0.2, -0.15) is 0 Å². The van der Waals surface area contributed by atoms with Gasteiger partial charge in [-0.3, -0.25) is 9.69 Å². The Morgan fingerprint density at radius 3 is 2.76 bits per heavy atom. The van der Waals surface area contributed by atoms with Gasteiger partial charge in [0.15, 0.2) is 0 Å². The molecule has 5 rings (SSSR count). The van der Waals surface area contributed by atoms with Crippen LogP contribution in [-0.2, 0) is 24.4 Å². The normalized spacial score (nSPS) is 18.7. The van der Waals surface area contributed by atoms with Gasteiger partial charge in [-0.05, 0) is 82.7 Å². The van der Waals surface area contributed by atoms with Crippen LogP contribution in [0, 0.1) is 0 Å². The van der Waals surface area contributed by atoms with Crippen molar-refractivity contribution >= 4 is 33.1 Å². The summed E-state index contributed by atoms with van der Waals surface area (Å²) in [6, 6.07) is 11.0. The number of nitrogens with one attached hydrogen (secondary N) is 1. The molecule has 0 bridgehead atoms. The summed E-state index contributed by atoms with van der Waals surface area (Å²) in [6.45, 7) is 3.58. The van der Waals surface area contributed by atoms with Crippen molar-refractivity contribution in [2.24, 2.45) is 0 Å². The Morgan fingerprint density at radius 2 is 2.00 bits per heavy atom. The number of methoxy groups -OCH3 is 1. The number of benzene rings is 3. The third-order valence-corrected chi connectivity index (χ3v) is 6.54. The summed E-state index contributed by atoms with van der Waals surface area (Å²) >= 11 is 0. The van der Waals surface area contributed by atoms with Gasteiger partial charge in [0.2, 0.25) is 5.91 Å². The maximum atomic E-state index is 11.6. The van der Waals surface area contributed by atoms with Crippen LogP contribution in [0.4, 0.5) is 5.69 Å². The van der Waals surface area contributed by atoms with E-state index in [1.165, 1.54) is 41.7 Å². The molecular weight excluding hydrogens is 364 g/mol. The third-order valence-electron chi connectivity index (χ3n) is 6.54. The van der Waals surface area contributed by atoms with Gasteiger partial charge in [0.1, 0.15) is 5.75 Å². The van der Waals surface area contributed by atoms with Crippen LogP contribution in [0.15, 0.2) is 30.3 Å². The Morgan fingerprint density at radius 1 is 1.17 bits per heavy atom. The Hall–Kier alpha value is -2.63. The molecule has 2 aliphatic heterocycles. The van der Waals surface area contributed by atoms with E-state index in [0.717, 1.165) is 47.3 Å². The van der Waals surface area contributed by atoms with Gasteiger partial charge < -0.3 is 15.2 Å². The van der Waals surface area contributed by atoms with Crippen molar-refractivity contribution < 1.29 is 14.6 Å². The van der Waals surface area contributed by atoms with E-state index in [-0.39, 0.29) is 12.5 Å². The summed E-state index contributed by atoms with van der Waals surface area (Å²) in [5.74, 6) is 0.647. The van der Waals surface area contributed by atoms with E-state index in [9.17, 15) is 9.90 Å². The van der Waals surface area contributed by atoms with Gasteiger partial charge in [-0.1, -0.05) is 6.07 Å². The molecule has 2 aliphatic rings. The first kappa shape index (κ1) is 18.4. The molecule has 0 spiro atoms. The zero-order valence-electron chi connectivity index (χ0n) is 16.9. The molecule has 5 heteroatoms. The first-order chi connectivity index (χ1) is 14.1. The predicted octanol–water partition coefficient (Wildman–Crippen LogP) is 3.97. The Kier molecular flexibility index (Phi) is 4.45. The van der Waals surface area contributed by atoms with Crippen molar-refractivity contribution in [3.05, 3.63) is 47.0 Å². The number of hydrogen-bond acceptors (Lipinski definition) is 4. The number of rotatable bonds is 3. The van der Waals surface area contributed by atoms with Crippen LogP contribution in [0.1, 0.15) is 36.5 Å². The van der Waals surface area contributed by atoms with E-state index >= 15 is 0 Å². The minimum atomic E-state index is -0.0778. The molecule has 1 fully saturated rings. The summed E-state index contributed by atoms with van der Waals surface area (Å²) in [5.41, 5.74) is 4.37. The lowest BCUT2D eigenvalue weighted by Gasteiger charge is -2.33. The topological polar surface area (TPSA) is 61.8 Å². The lowest BCUT2D eigenvalue weighted by Crippen LogP contribution is -2.35. The molecule has 0 unspecified atom stereocenters. The van der Waals surface area contributed by atoms with Crippen molar-refractivity contribution in [1.29, 1.82) is 0 Å². The zero-order valence-corrected chi connectivity index (χ0v) is 16.9. The SMILES string of the molecule is COc1cc2c3c(c4ccc(NC(C)=O)cc4c2cc1CO)C[C@@H]1CCCN1C3. The molecule has 150 valence electrons. The van der Waals surface area contributed by atoms with E-state index in [1.54, 1.807) is 7.11 Å². The highest BCUT2D eigenvalue weighted by molar-refractivity contribution is 6.13. The largest absolute Gasteiger partial charge is 0.496 e. The minimum Gasteiger partial charge on any atom is -0.496 e. The van der Waals surface area contributed by atoms with Crippen molar-refractivity contribution in [2.75, 3.05) is 19.0 Å². The molecule has 5 nitrogen and oxygen atoms in total. The maximum Gasteiger partial charge on any atom is 0.221 e. The minimum absolute atomic E-state index is 0.0721. The molecule has 1 saturated heterocycles. The third kappa shape index (κ3) is 2.96. The Labute approximate surface area is 170 Å². The van der Waals surface area contributed by atoms with E-state index in [0.29, 0.717) is 6.04 Å². The van der Waals surface area contributed by atoms with Gasteiger partial charge in [0.25, 0.3) is 0 Å². The number of nitrogens with zero attached hydrogens (tertiary/aromatic N) is 1. The van der Waals surface area contributed by atoms with Gasteiger partial charge >= 0.3 is 0 Å². The molecule has 29 heavy (non-hydrogen) atoms. The summed E-state index contributed by atoms with van der Waals surface area (Å²) in [4.78, 5) is 14.2. The highest BCUT2D eigenvalue weighted by Gasteiger charge is 2.32. The lowest BCUT2D eigenvalue weighted by molar-refractivity contribution is -0.114. The van der Waals surface area contributed by atoms with Crippen LogP contribution in [0.2, 0.25) is 0 Å². The monoisotopic (exact) mass is 390 g/mol. The number of aliphatic hydroxyl groups excluding tert-OH is 1. The number of hydrogen-bond donors (Lipinski definition) is 2. The van der Waals surface area contributed by atoms with Crippen LogP contribution < -0.4 is 10.1 Å². The molecule has 0 aliphatic carbocycles. The van der Waals surface area contributed by atoms with Gasteiger partial charge in [0, 0.05) is 30.8 Å². The first-order valence-corrected chi connectivity index (χ1v) is 10.3. The maximum absolute atomic E-state index is 11.6. The number of aliphatic hydroxyl groups is 1. The van der Waals surface area contributed by atoms with Crippen molar-refractivity contribution in [1.82, 2.24) is 4.90 Å². The Balaban J connectivity index is 1.84. The molecule has 1 amide bonds. The second-order valence-corrected chi connectivity index (χ2v) is 8.24. The lowest BCUT2D eigenvalue weighted by atomic mass is 9.84. The molecule has 0 radical (unpaired) electrons. The van der Waals surface area contributed by atoms with Crippen molar-refractivity contribution in [3.63, 3.8) is 0 Å². The number of carbonyl (C=O) groups is 1. The van der Waals surface area contributed by atoms with E-state index in [4.69, 9.17) is 4.74 Å². The quantitative estimate of drug-likeness (QED) is 0.664. The van der Waals surface area contributed by atoms with E-state index < -0.39 is 0 Å². The molecule has 3 aromatic rings. The first-order valence-electron chi connectivity index (χ1n) is 10.3. The summed E-state index contributed by atoms with van der Waals surface area (Å²) in [6.07, 6.45) is 3.58. The van der Waals surface area contributed by atoms with Crippen LogP contribution in [0.25, 0.3) is 21.5 Å². The van der Waals surface area contributed by atoms with Crippen LogP contribution in [0.3, 0.4) is 0 Å². The van der Waals surface area contributed by atoms with E-state index in [1.807, 2.05) is 12.1 Å². The highest BCUT2D eigenvalue weighted by atomic mass is 16.5. The zero-order chi connectivity index (χ0) is 20.1. The van der Waals surface area contributed by atoms with Gasteiger partial charge in [-0.25, -0.2) is 0 Å². The number of ether oxygens (including phenoxy) is 1. The van der Waals surface area contributed by atoms with E-state index in [2.05, 4.69) is 28.4 Å². The van der Waals surface area contributed by atoms with Gasteiger partial charge in [-0.15, -0.1) is 0 Å². The van der Waals surface area contributed by atoms with Crippen LogP contribution in [0.5, 0.6) is 5.75 Å². The van der Waals surface area contributed by atoms with Crippen LogP contribution >= 0.6 is 0 Å². The molecule has 0 saturated carbocycles. The summed E-state index contributed by atoms with van der Waals surface area (Å²) in [7, 11) is 1.65. The fourth-order valence-electron chi connectivity index (χ4n) is 5.23. The second kappa shape index (κ2) is 7.01. The molecule has 3 aromatic carbocycles. The van der Waals surface area contributed by atoms with Crippen molar-refractivity contribution in [3.8, 4) is 5.75 Å². The number of carbonyl (C=O) groups excluding carboxylic acids is 1. The number of fused-ring (bicyclic) bond motifs is 7.